The first-order valence-electron chi connectivity index (χ1n) is 9.81. The largest absolute Gasteiger partial charge is 0.507 e. The van der Waals surface area contributed by atoms with Crippen LogP contribution in [0.5, 0.6) is 10.9 Å². The zero-order valence-corrected chi connectivity index (χ0v) is 16.8. The lowest BCUT2D eigenvalue weighted by Gasteiger charge is -2.41. The summed E-state index contributed by atoms with van der Waals surface area (Å²) < 4.78 is 21.7. The zero-order chi connectivity index (χ0) is 20.0. The molecule has 0 saturated carbocycles. The van der Waals surface area contributed by atoms with E-state index in [1.54, 1.807) is 16.8 Å². The number of phenols is 1. The van der Waals surface area contributed by atoms with Crippen LogP contribution < -0.4 is 10.1 Å². The van der Waals surface area contributed by atoms with E-state index in [2.05, 4.69) is 20.6 Å². The van der Waals surface area contributed by atoms with E-state index in [9.17, 15) is 9.50 Å². The highest BCUT2D eigenvalue weighted by Gasteiger charge is 2.38. The van der Waals surface area contributed by atoms with Crippen LogP contribution in [0.25, 0.3) is 16.3 Å². The van der Waals surface area contributed by atoms with Gasteiger partial charge in [-0.25, -0.2) is 9.07 Å². The van der Waals surface area contributed by atoms with Crippen LogP contribution in [0, 0.1) is 6.92 Å². The van der Waals surface area contributed by atoms with E-state index < -0.39 is 6.17 Å². The van der Waals surface area contributed by atoms with Crippen LogP contribution in [0.3, 0.4) is 0 Å². The second-order valence-corrected chi connectivity index (χ2v) is 8.69. The second-order valence-electron chi connectivity index (χ2n) is 7.75. The molecular weight excluding hydrogens is 393 g/mol. The summed E-state index contributed by atoms with van der Waals surface area (Å²) in [5.41, 5.74) is 2.26. The number of fused-ring (bicyclic) bond motifs is 2. The average Bonchev–Trinajstić information content (AvgIpc) is 3.34. The second kappa shape index (κ2) is 7.38. The minimum absolute atomic E-state index is 0.0652. The number of aromatic nitrogens is 4. The molecule has 2 saturated heterocycles. The molecule has 29 heavy (non-hydrogen) atoms. The minimum Gasteiger partial charge on any atom is -0.507 e. The number of phenolic OH excluding ortho intramolecular Hbond substituents is 1. The van der Waals surface area contributed by atoms with Crippen molar-refractivity contribution < 1.29 is 14.2 Å². The Hall–Kier alpha value is -2.52. The van der Waals surface area contributed by atoms with Crippen molar-refractivity contribution in [2.24, 2.45) is 0 Å². The Morgan fingerprint density at radius 1 is 1.24 bits per heavy atom. The van der Waals surface area contributed by atoms with Crippen LogP contribution in [-0.2, 0) is 0 Å². The highest BCUT2D eigenvalue weighted by Crippen LogP contribution is 2.37. The lowest BCUT2D eigenvalue weighted by atomic mass is 9.84. The molecule has 2 aromatic heterocycles. The third kappa shape index (κ3) is 3.72. The van der Waals surface area contributed by atoms with Gasteiger partial charge in [0.15, 0.2) is 5.01 Å². The molecule has 2 N–H and O–H groups in total. The molecule has 9 heteroatoms. The number of piperidine rings is 2. The number of benzene rings is 1. The van der Waals surface area contributed by atoms with E-state index in [1.807, 2.05) is 25.3 Å². The smallest absolute Gasteiger partial charge is 0.294 e. The summed E-state index contributed by atoms with van der Waals surface area (Å²) >= 11 is 1.29. The van der Waals surface area contributed by atoms with Gasteiger partial charge >= 0.3 is 0 Å². The topological polar surface area (TPSA) is 85.1 Å². The van der Waals surface area contributed by atoms with Gasteiger partial charge in [0, 0.05) is 30.8 Å². The number of halogens is 1. The number of ether oxygens (including phenoxy) is 1. The summed E-state index contributed by atoms with van der Waals surface area (Å²) in [6.45, 7) is 1.91. The molecule has 0 radical (unpaired) electrons. The van der Waals surface area contributed by atoms with Gasteiger partial charge in [-0.05, 0) is 44.4 Å². The number of rotatable bonds is 4. The molecule has 4 atom stereocenters. The first kappa shape index (κ1) is 18.5. The number of aromatic hydroxyl groups is 1. The van der Waals surface area contributed by atoms with Crippen molar-refractivity contribution in [2.75, 3.05) is 0 Å². The van der Waals surface area contributed by atoms with Crippen molar-refractivity contribution in [1.29, 1.82) is 0 Å². The third-order valence-electron chi connectivity index (χ3n) is 5.61. The van der Waals surface area contributed by atoms with Gasteiger partial charge < -0.3 is 15.2 Å². The van der Waals surface area contributed by atoms with Crippen LogP contribution in [-0.4, -0.2) is 49.4 Å². The van der Waals surface area contributed by atoms with E-state index in [1.165, 1.54) is 11.3 Å². The highest BCUT2D eigenvalue weighted by molar-refractivity contribution is 7.16. The molecular formula is C20H22FN5O2S. The Balaban J connectivity index is 1.31. The summed E-state index contributed by atoms with van der Waals surface area (Å²) in [6.07, 6.45) is 3.93. The molecule has 2 aliphatic rings. The lowest BCUT2D eigenvalue weighted by molar-refractivity contribution is 0.0510. The van der Waals surface area contributed by atoms with Crippen molar-refractivity contribution in [2.45, 2.75) is 57.0 Å². The average molecular weight is 415 g/mol. The first-order valence-corrected chi connectivity index (χ1v) is 10.6. The monoisotopic (exact) mass is 415 g/mol. The predicted molar refractivity (Wildman–Crippen MR) is 107 cm³/mol. The maximum absolute atomic E-state index is 14.0. The molecule has 152 valence electrons. The van der Waals surface area contributed by atoms with E-state index in [-0.39, 0.29) is 17.9 Å². The Morgan fingerprint density at radius 2 is 2.14 bits per heavy atom. The number of alkyl halides is 1. The molecule has 0 aliphatic carbocycles. The van der Waals surface area contributed by atoms with Crippen LogP contribution in [0.4, 0.5) is 4.39 Å². The number of hydrogen-bond donors (Lipinski definition) is 2. The number of aryl methyl sites for hydroxylation is 1. The molecule has 7 nitrogen and oxygen atoms in total. The zero-order valence-electron chi connectivity index (χ0n) is 16.0. The van der Waals surface area contributed by atoms with Crippen LogP contribution in [0.2, 0.25) is 0 Å². The van der Waals surface area contributed by atoms with Crippen molar-refractivity contribution in [3.05, 3.63) is 36.2 Å². The Morgan fingerprint density at radius 3 is 2.93 bits per heavy atom. The molecule has 2 aliphatic heterocycles. The third-order valence-corrected chi connectivity index (χ3v) is 6.46. The van der Waals surface area contributed by atoms with Crippen LogP contribution in [0.15, 0.2) is 30.5 Å². The van der Waals surface area contributed by atoms with Crippen molar-refractivity contribution in [3.63, 3.8) is 0 Å². The molecule has 4 unspecified atom stereocenters. The van der Waals surface area contributed by atoms with Gasteiger partial charge in [-0.2, -0.15) is 5.10 Å². The van der Waals surface area contributed by atoms with Gasteiger partial charge in [-0.3, -0.25) is 0 Å². The molecule has 0 amide bonds. The van der Waals surface area contributed by atoms with Gasteiger partial charge in [-0.15, -0.1) is 5.10 Å². The van der Waals surface area contributed by atoms with Crippen molar-refractivity contribution in [1.82, 2.24) is 25.3 Å². The summed E-state index contributed by atoms with van der Waals surface area (Å²) in [5.74, 6) is 0.107. The summed E-state index contributed by atoms with van der Waals surface area (Å²) in [7, 11) is 0. The summed E-state index contributed by atoms with van der Waals surface area (Å²) in [6, 6.07) is 7.40. The minimum atomic E-state index is -0.809. The standard InChI is InChI=1S/C20H22FN5O2S/c1-11-6-7-26(25-11)13-3-4-15(18(27)9-13)19-23-24-20(29-19)28-14-8-12-2-5-16(21)17(10-14)22-12/h3-4,6-7,9,12,14,16-17,22,27H,2,5,8,10H2,1H3. The normalized spacial score (nSPS) is 26.4. The fraction of sp³-hybridized carbons (Fsp3) is 0.450. The van der Waals surface area contributed by atoms with Crippen molar-refractivity contribution >= 4 is 11.3 Å². The number of hydrogen-bond acceptors (Lipinski definition) is 7. The van der Waals surface area contributed by atoms with Gasteiger partial charge in [0.05, 0.1) is 16.9 Å². The molecule has 0 spiro atoms. The van der Waals surface area contributed by atoms with Crippen molar-refractivity contribution in [3.8, 4) is 27.2 Å². The fourth-order valence-electron chi connectivity index (χ4n) is 4.16. The highest BCUT2D eigenvalue weighted by atomic mass is 32.1. The molecule has 1 aromatic carbocycles. The molecule has 2 fully saturated rings. The fourth-order valence-corrected chi connectivity index (χ4v) is 4.95. The molecule has 4 heterocycles. The Bertz CT molecular complexity index is 1020. The van der Waals surface area contributed by atoms with Gasteiger partial charge in [0.25, 0.3) is 5.19 Å². The number of nitrogens with zero attached hydrogens (tertiary/aromatic N) is 4. The predicted octanol–water partition coefficient (Wildman–Crippen LogP) is 3.40. The quantitative estimate of drug-likeness (QED) is 0.679. The van der Waals surface area contributed by atoms with E-state index >= 15 is 0 Å². The van der Waals surface area contributed by atoms with Gasteiger partial charge in [-0.1, -0.05) is 16.4 Å². The molecule has 5 rings (SSSR count). The van der Waals surface area contributed by atoms with Crippen LogP contribution >= 0.6 is 11.3 Å². The lowest BCUT2D eigenvalue weighted by Crippen LogP contribution is -2.56. The summed E-state index contributed by atoms with van der Waals surface area (Å²) in [4.78, 5) is 0. The first-order chi connectivity index (χ1) is 14.0. The van der Waals surface area contributed by atoms with Crippen LogP contribution in [0.1, 0.15) is 31.4 Å². The Kier molecular flexibility index (Phi) is 4.71. The van der Waals surface area contributed by atoms with E-state index in [0.29, 0.717) is 34.6 Å². The Labute approximate surface area is 171 Å². The maximum Gasteiger partial charge on any atom is 0.294 e. The molecule has 3 aromatic rings. The maximum atomic E-state index is 14.0. The van der Waals surface area contributed by atoms with Gasteiger partial charge in [0.2, 0.25) is 0 Å². The van der Waals surface area contributed by atoms with Gasteiger partial charge in [0.1, 0.15) is 18.0 Å². The molecule has 2 bridgehead atoms. The number of nitrogens with one attached hydrogen (secondary N) is 1. The van der Waals surface area contributed by atoms with E-state index in [4.69, 9.17) is 4.74 Å². The summed E-state index contributed by atoms with van der Waals surface area (Å²) in [5, 5.41) is 27.5. The SMILES string of the molecule is Cc1ccn(-c2ccc(-c3nnc(OC4CC5CCC(F)C(C4)N5)s3)c(O)c2)n1. The van der Waals surface area contributed by atoms with E-state index in [0.717, 1.165) is 24.2 Å².